The third kappa shape index (κ3) is 2.99. The van der Waals surface area contributed by atoms with Crippen molar-refractivity contribution in [3.05, 3.63) is 11.6 Å². The van der Waals surface area contributed by atoms with E-state index in [0.29, 0.717) is 12.8 Å². The van der Waals surface area contributed by atoms with Crippen molar-refractivity contribution >= 4 is 11.8 Å². The van der Waals surface area contributed by atoms with Gasteiger partial charge in [0.2, 0.25) is 0 Å². The van der Waals surface area contributed by atoms with Crippen LogP contribution >= 0.6 is 0 Å². The molecule has 0 bridgehead atoms. The van der Waals surface area contributed by atoms with Crippen LogP contribution in [0.25, 0.3) is 0 Å². The normalized spacial score (nSPS) is 23.2. The molecule has 1 rings (SSSR count). The Bertz CT molecular complexity index is 403. The maximum Gasteiger partial charge on any atom is 0.322 e. The van der Waals surface area contributed by atoms with Crippen molar-refractivity contribution in [3.8, 4) is 12.3 Å². The number of ether oxygens (including phenoxy) is 2. The highest BCUT2D eigenvalue weighted by molar-refractivity contribution is 6.10. The summed E-state index contributed by atoms with van der Waals surface area (Å²) in [7, 11) is 0. The Balaban J connectivity index is 2.91. The van der Waals surface area contributed by atoms with Crippen LogP contribution in [0, 0.1) is 17.8 Å². The summed E-state index contributed by atoms with van der Waals surface area (Å²) in [6.45, 7) is 3.89. The van der Waals surface area contributed by atoms with E-state index in [9.17, 15) is 9.59 Å². The summed E-state index contributed by atoms with van der Waals surface area (Å²) in [6, 6.07) is 0. The van der Waals surface area contributed by atoms with Crippen molar-refractivity contribution in [2.24, 2.45) is 5.41 Å². The molecule has 18 heavy (non-hydrogen) atoms. The van der Waals surface area contributed by atoms with E-state index in [-0.39, 0.29) is 25.6 Å². The Morgan fingerprint density at radius 1 is 1.61 bits per heavy atom. The highest BCUT2D eigenvalue weighted by Crippen LogP contribution is 2.34. The summed E-state index contributed by atoms with van der Waals surface area (Å²) in [4.78, 5) is 24.2. The maximum absolute atomic E-state index is 12.1. The first-order valence-electron chi connectivity index (χ1n) is 5.97. The molecule has 0 aromatic carbocycles. The van der Waals surface area contributed by atoms with E-state index >= 15 is 0 Å². The minimum Gasteiger partial charge on any atom is -0.465 e. The van der Waals surface area contributed by atoms with Gasteiger partial charge in [-0.1, -0.05) is 11.5 Å². The first kappa shape index (κ1) is 14.5. The maximum atomic E-state index is 12.1. The van der Waals surface area contributed by atoms with Crippen LogP contribution in [0.2, 0.25) is 0 Å². The number of carbonyl (C=O) groups excluding carboxylic acids is 2. The molecule has 0 heterocycles. The summed E-state index contributed by atoms with van der Waals surface area (Å²) in [5.41, 5.74) is -0.247. The second-order valence-corrected chi connectivity index (χ2v) is 4.35. The topological polar surface area (TPSA) is 52.6 Å². The van der Waals surface area contributed by atoms with Crippen molar-refractivity contribution in [2.45, 2.75) is 26.7 Å². The number of hydrogen-bond acceptors (Lipinski definition) is 4. The van der Waals surface area contributed by atoms with Gasteiger partial charge < -0.3 is 9.47 Å². The van der Waals surface area contributed by atoms with E-state index in [4.69, 9.17) is 15.9 Å². The Hall–Kier alpha value is -1.60. The minimum atomic E-state index is -1.22. The number of carbonyl (C=O) groups is 2. The van der Waals surface area contributed by atoms with Crippen molar-refractivity contribution in [3.63, 3.8) is 0 Å². The van der Waals surface area contributed by atoms with Crippen LogP contribution in [0.3, 0.4) is 0 Å². The molecule has 0 aliphatic heterocycles. The van der Waals surface area contributed by atoms with Crippen LogP contribution in [0.1, 0.15) is 26.7 Å². The molecule has 0 saturated carbocycles. The van der Waals surface area contributed by atoms with Gasteiger partial charge in [-0.15, -0.1) is 6.42 Å². The van der Waals surface area contributed by atoms with E-state index < -0.39 is 11.4 Å². The average Bonchev–Trinajstić information content (AvgIpc) is 2.33. The molecule has 4 heteroatoms. The lowest BCUT2D eigenvalue weighted by molar-refractivity contribution is -0.163. The molecule has 1 aliphatic rings. The third-order valence-corrected chi connectivity index (χ3v) is 3.00. The van der Waals surface area contributed by atoms with E-state index in [2.05, 4.69) is 5.92 Å². The van der Waals surface area contributed by atoms with Crippen molar-refractivity contribution < 1.29 is 19.1 Å². The van der Waals surface area contributed by atoms with E-state index in [0.717, 1.165) is 5.57 Å². The van der Waals surface area contributed by atoms with Crippen LogP contribution in [0.15, 0.2) is 11.6 Å². The predicted octanol–water partition coefficient (Wildman–Crippen LogP) is 1.49. The lowest BCUT2D eigenvalue weighted by Gasteiger charge is -2.31. The molecule has 0 aromatic rings. The zero-order valence-corrected chi connectivity index (χ0v) is 10.8. The number of ketones is 1. The molecule has 4 nitrogen and oxygen atoms in total. The van der Waals surface area contributed by atoms with Crippen molar-refractivity contribution in [1.29, 1.82) is 0 Å². The van der Waals surface area contributed by atoms with Gasteiger partial charge in [-0.05, 0) is 32.8 Å². The molecule has 1 unspecified atom stereocenters. The molecule has 0 N–H and O–H groups in total. The zero-order chi connectivity index (χ0) is 13.6. The van der Waals surface area contributed by atoms with Gasteiger partial charge in [-0.25, -0.2) is 0 Å². The number of hydrogen-bond donors (Lipinski definition) is 0. The number of allylic oxidation sites excluding steroid dienone is 2. The monoisotopic (exact) mass is 250 g/mol. The smallest absolute Gasteiger partial charge is 0.322 e. The van der Waals surface area contributed by atoms with Crippen molar-refractivity contribution in [1.82, 2.24) is 0 Å². The van der Waals surface area contributed by atoms with Crippen LogP contribution in [-0.2, 0) is 19.1 Å². The molecule has 0 fully saturated rings. The minimum absolute atomic E-state index is 0.0152. The highest BCUT2D eigenvalue weighted by atomic mass is 16.5. The van der Waals surface area contributed by atoms with Gasteiger partial charge in [0.05, 0.1) is 13.2 Å². The van der Waals surface area contributed by atoms with E-state index in [1.807, 2.05) is 6.92 Å². The van der Waals surface area contributed by atoms with Crippen LogP contribution in [0.5, 0.6) is 0 Å². The molecular formula is C14H18O4. The van der Waals surface area contributed by atoms with Crippen LogP contribution in [-0.4, -0.2) is 31.6 Å². The van der Waals surface area contributed by atoms with Gasteiger partial charge in [0, 0.05) is 0 Å². The lowest BCUT2D eigenvalue weighted by atomic mass is 9.74. The standard InChI is InChI=1S/C14H18O4/c1-4-8-17-10-14(13(16)18-5-2)7-6-11(3)9-12(14)15/h1,9H,5-8,10H2,2-3H3. The van der Waals surface area contributed by atoms with Gasteiger partial charge in [-0.2, -0.15) is 0 Å². The highest BCUT2D eigenvalue weighted by Gasteiger charge is 2.47. The Labute approximate surface area is 107 Å². The third-order valence-electron chi connectivity index (χ3n) is 3.00. The van der Waals surface area contributed by atoms with Gasteiger partial charge in [0.25, 0.3) is 0 Å². The molecule has 0 amide bonds. The fourth-order valence-electron chi connectivity index (χ4n) is 1.93. The average molecular weight is 250 g/mol. The first-order valence-corrected chi connectivity index (χ1v) is 5.97. The Kier molecular flexibility index (Phi) is 5.11. The zero-order valence-electron chi connectivity index (χ0n) is 10.8. The summed E-state index contributed by atoms with van der Waals surface area (Å²) in [6.07, 6.45) is 7.69. The van der Waals surface area contributed by atoms with Crippen molar-refractivity contribution in [2.75, 3.05) is 19.8 Å². The second kappa shape index (κ2) is 6.36. The SMILES string of the molecule is C#CCOCC1(C(=O)OCC)CCC(C)=CC1=O. The fraction of sp³-hybridized carbons (Fsp3) is 0.571. The summed E-state index contributed by atoms with van der Waals surface area (Å²) in [5.74, 6) is 1.55. The predicted molar refractivity (Wildman–Crippen MR) is 66.7 cm³/mol. The van der Waals surface area contributed by atoms with Crippen LogP contribution in [0.4, 0.5) is 0 Å². The molecule has 0 saturated heterocycles. The second-order valence-electron chi connectivity index (χ2n) is 4.35. The quantitative estimate of drug-likeness (QED) is 0.321. The van der Waals surface area contributed by atoms with E-state index in [1.165, 1.54) is 6.08 Å². The Morgan fingerprint density at radius 3 is 2.89 bits per heavy atom. The molecular weight excluding hydrogens is 232 g/mol. The van der Waals surface area contributed by atoms with Crippen LogP contribution < -0.4 is 0 Å². The van der Waals surface area contributed by atoms with Gasteiger partial charge in [-0.3, -0.25) is 9.59 Å². The lowest BCUT2D eigenvalue weighted by Crippen LogP contribution is -2.45. The van der Waals surface area contributed by atoms with Gasteiger partial charge >= 0.3 is 5.97 Å². The van der Waals surface area contributed by atoms with Gasteiger partial charge in [0.15, 0.2) is 11.2 Å². The molecule has 0 radical (unpaired) electrons. The largest absolute Gasteiger partial charge is 0.465 e. The number of rotatable bonds is 5. The molecule has 1 aliphatic carbocycles. The van der Waals surface area contributed by atoms with Gasteiger partial charge in [0.1, 0.15) is 6.61 Å². The fourth-order valence-corrected chi connectivity index (χ4v) is 1.93. The van der Waals surface area contributed by atoms with E-state index in [1.54, 1.807) is 6.92 Å². The Morgan fingerprint density at radius 2 is 2.33 bits per heavy atom. The number of terminal acetylenes is 1. The summed E-state index contributed by atoms with van der Waals surface area (Å²) >= 11 is 0. The molecule has 0 aromatic heterocycles. The molecule has 98 valence electrons. The number of esters is 1. The molecule has 1 atom stereocenters. The first-order chi connectivity index (χ1) is 8.56. The summed E-state index contributed by atoms with van der Waals surface area (Å²) < 4.78 is 10.2. The summed E-state index contributed by atoms with van der Waals surface area (Å²) in [5, 5.41) is 0. The molecule has 0 spiro atoms.